The predicted molar refractivity (Wildman–Crippen MR) is 153 cm³/mol. The lowest BCUT2D eigenvalue weighted by Crippen LogP contribution is -2.51. The number of nitrogens with zero attached hydrogens (tertiary/aromatic N) is 1. The molecule has 0 fully saturated rings. The van der Waals surface area contributed by atoms with Gasteiger partial charge in [0.05, 0.1) is 0 Å². The van der Waals surface area contributed by atoms with Crippen LogP contribution in [0.15, 0.2) is 78.9 Å². The van der Waals surface area contributed by atoms with Crippen LogP contribution in [0, 0.1) is 26.3 Å². The molecule has 202 valence electrons. The van der Waals surface area contributed by atoms with Crippen LogP contribution in [0.25, 0.3) is 0 Å². The van der Waals surface area contributed by atoms with Crippen LogP contribution in [-0.4, -0.2) is 34.5 Å². The summed E-state index contributed by atoms with van der Waals surface area (Å²) in [5, 5.41) is 5.59. The quantitative estimate of drug-likeness (QED) is 0.299. The van der Waals surface area contributed by atoms with E-state index in [0.717, 1.165) is 21.6 Å². The summed E-state index contributed by atoms with van der Waals surface area (Å²) in [6, 6.07) is 24.0. The molecule has 0 radical (unpaired) electrons. The number of amides is 3. The maximum atomic E-state index is 14.0. The Labute approximate surface area is 230 Å². The molecule has 3 aromatic rings. The Morgan fingerprint density at radius 2 is 1.62 bits per heavy atom. The topological polar surface area (TPSA) is 87.7 Å². The van der Waals surface area contributed by atoms with Gasteiger partial charge in [0, 0.05) is 18.2 Å². The van der Waals surface area contributed by atoms with Gasteiger partial charge in [0.15, 0.2) is 0 Å². The van der Waals surface area contributed by atoms with Crippen molar-refractivity contribution in [2.45, 2.75) is 58.7 Å². The minimum absolute atomic E-state index is 0.150. The molecule has 7 nitrogen and oxygen atoms in total. The highest BCUT2D eigenvalue weighted by Crippen LogP contribution is 2.26. The molecule has 0 aromatic heterocycles. The van der Waals surface area contributed by atoms with E-state index in [2.05, 4.69) is 16.7 Å². The third-order valence-electron chi connectivity index (χ3n) is 5.92. The highest BCUT2D eigenvalue weighted by Gasteiger charge is 2.36. The van der Waals surface area contributed by atoms with Gasteiger partial charge in [-0.15, -0.1) is 0 Å². The Balaban J connectivity index is 2.01. The number of terminal acetylenes is 1. The molecule has 0 spiro atoms. The van der Waals surface area contributed by atoms with Gasteiger partial charge in [0.1, 0.15) is 17.7 Å². The molecule has 2 N–H and O–H groups in total. The van der Waals surface area contributed by atoms with Crippen LogP contribution >= 0.6 is 0 Å². The molecule has 0 bridgehead atoms. The number of ether oxygens (including phenoxy) is 1. The molecule has 7 heteroatoms. The van der Waals surface area contributed by atoms with Gasteiger partial charge < -0.3 is 15.4 Å². The summed E-state index contributed by atoms with van der Waals surface area (Å²) in [7, 11) is 0. The van der Waals surface area contributed by atoms with Crippen molar-refractivity contribution in [1.82, 2.24) is 10.2 Å². The Morgan fingerprint density at radius 1 is 0.949 bits per heavy atom. The smallest absolute Gasteiger partial charge is 0.408 e. The molecule has 0 heterocycles. The van der Waals surface area contributed by atoms with Crippen LogP contribution in [0.3, 0.4) is 0 Å². The van der Waals surface area contributed by atoms with E-state index in [9.17, 15) is 14.4 Å². The van der Waals surface area contributed by atoms with Crippen LogP contribution in [0.4, 0.5) is 10.5 Å². The summed E-state index contributed by atoms with van der Waals surface area (Å²) in [6.07, 6.45) is 5.30. The number of benzene rings is 3. The Morgan fingerprint density at radius 3 is 2.23 bits per heavy atom. The second kappa shape index (κ2) is 12.8. The number of carbonyl (C=O) groups is 3. The summed E-state index contributed by atoms with van der Waals surface area (Å²) in [5.74, 6) is -1.09. The van der Waals surface area contributed by atoms with Crippen LogP contribution in [0.1, 0.15) is 49.1 Å². The first kappa shape index (κ1) is 29.0. The number of rotatable bonds is 8. The van der Waals surface area contributed by atoms with E-state index in [1.54, 1.807) is 39.0 Å². The monoisotopic (exact) mass is 525 g/mol. The number of nitrogens with one attached hydrogen (secondary N) is 2. The lowest BCUT2D eigenvalue weighted by molar-refractivity contribution is -0.136. The van der Waals surface area contributed by atoms with Crippen molar-refractivity contribution in [2.75, 3.05) is 5.32 Å². The maximum absolute atomic E-state index is 14.0. The van der Waals surface area contributed by atoms with E-state index in [-0.39, 0.29) is 6.42 Å². The number of anilines is 1. The van der Waals surface area contributed by atoms with Crippen molar-refractivity contribution in [3.8, 4) is 12.5 Å². The van der Waals surface area contributed by atoms with Crippen LogP contribution in [-0.2, 0) is 20.7 Å². The van der Waals surface area contributed by atoms with Crippen molar-refractivity contribution in [3.05, 3.63) is 101 Å². The lowest BCUT2D eigenvalue weighted by atomic mass is 9.99. The normalized spacial score (nSPS) is 12.4. The number of alkyl carbamates (subject to hydrolysis) is 1. The summed E-state index contributed by atoms with van der Waals surface area (Å²) in [6.45, 7) is 8.97. The Bertz CT molecular complexity index is 1360. The van der Waals surface area contributed by atoms with Gasteiger partial charge in [0.2, 0.25) is 0 Å². The molecule has 3 aromatic carbocycles. The van der Waals surface area contributed by atoms with Crippen molar-refractivity contribution in [1.29, 1.82) is 0 Å². The van der Waals surface area contributed by atoms with Gasteiger partial charge >= 0.3 is 6.09 Å². The van der Waals surface area contributed by atoms with Gasteiger partial charge in [-0.2, -0.15) is 0 Å². The molecule has 0 saturated heterocycles. The average molecular weight is 526 g/mol. The number of hydrogen-bond donors (Lipinski definition) is 2. The second-order valence-corrected chi connectivity index (χ2v) is 10.3. The van der Waals surface area contributed by atoms with Crippen LogP contribution < -0.4 is 10.6 Å². The third kappa shape index (κ3) is 8.21. The van der Waals surface area contributed by atoms with E-state index in [0.29, 0.717) is 11.3 Å². The Kier molecular flexibility index (Phi) is 9.51. The molecular formula is C32H35N3O4. The summed E-state index contributed by atoms with van der Waals surface area (Å²) in [5.41, 5.74) is 2.95. The number of hydrogen-bond acceptors (Lipinski definition) is 4. The Hall–Kier alpha value is -4.57. The predicted octanol–water partition coefficient (Wildman–Crippen LogP) is 5.54. The average Bonchev–Trinajstić information content (AvgIpc) is 2.87. The van der Waals surface area contributed by atoms with Gasteiger partial charge in [-0.3, -0.25) is 14.5 Å². The molecule has 0 saturated carbocycles. The maximum Gasteiger partial charge on any atom is 0.408 e. The van der Waals surface area contributed by atoms with Gasteiger partial charge in [-0.05, 0) is 57.4 Å². The minimum Gasteiger partial charge on any atom is -0.444 e. The number of aryl methyl sites for hydroxylation is 2. The summed E-state index contributed by atoms with van der Waals surface area (Å²) >= 11 is 0. The molecule has 0 aliphatic heterocycles. The first-order valence-electron chi connectivity index (χ1n) is 12.7. The zero-order chi connectivity index (χ0) is 28.6. The molecule has 2 atom stereocenters. The van der Waals surface area contributed by atoms with Crippen LogP contribution in [0.5, 0.6) is 0 Å². The SMILES string of the molecule is C#CN(C(=O)C(Cc1ccccc1)NC(=O)OC(C)(C)C)C(C(=O)Nc1ccccc1C)c1cccc(C)c1. The van der Waals surface area contributed by atoms with Crippen molar-refractivity contribution in [2.24, 2.45) is 0 Å². The van der Waals surface area contributed by atoms with Gasteiger partial charge in [0.25, 0.3) is 11.8 Å². The summed E-state index contributed by atoms with van der Waals surface area (Å²) < 4.78 is 5.42. The molecule has 3 rings (SSSR count). The lowest BCUT2D eigenvalue weighted by Gasteiger charge is -2.30. The van der Waals surface area contributed by atoms with Crippen molar-refractivity contribution >= 4 is 23.6 Å². The fourth-order valence-electron chi connectivity index (χ4n) is 4.11. The first-order chi connectivity index (χ1) is 18.5. The van der Waals surface area contributed by atoms with Gasteiger partial charge in [-0.25, -0.2) is 4.79 Å². The van der Waals surface area contributed by atoms with Crippen LogP contribution in [0.2, 0.25) is 0 Å². The number of para-hydroxylation sites is 1. The van der Waals surface area contributed by atoms with Gasteiger partial charge in [-0.1, -0.05) is 84.8 Å². The number of carbonyl (C=O) groups excluding carboxylic acids is 3. The molecular weight excluding hydrogens is 490 g/mol. The van der Waals surface area contributed by atoms with E-state index in [1.165, 1.54) is 0 Å². The zero-order valence-corrected chi connectivity index (χ0v) is 23.0. The third-order valence-corrected chi connectivity index (χ3v) is 5.92. The standard InChI is InChI=1S/C32H35N3O4/c1-7-35(30(37)27(21-24-16-9-8-10-17-24)34-31(38)39-32(4,5)6)28(25-18-13-14-22(2)20-25)29(36)33-26-19-12-11-15-23(26)3/h1,8-20,27-28H,21H2,2-6H3,(H,33,36)(H,34,38). The van der Waals surface area contributed by atoms with E-state index in [1.807, 2.05) is 74.5 Å². The van der Waals surface area contributed by atoms with E-state index in [4.69, 9.17) is 11.2 Å². The molecule has 39 heavy (non-hydrogen) atoms. The fourth-order valence-corrected chi connectivity index (χ4v) is 4.11. The minimum atomic E-state index is -1.15. The molecule has 0 aliphatic carbocycles. The second-order valence-electron chi connectivity index (χ2n) is 10.3. The largest absolute Gasteiger partial charge is 0.444 e. The fraction of sp³-hybridized carbons (Fsp3) is 0.281. The molecule has 0 aliphatic rings. The summed E-state index contributed by atoms with van der Waals surface area (Å²) in [4.78, 5) is 41.6. The van der Waals surface area contributed by atoms with Crippen molar-refractivity contribution < 1.29 is 19.1 Å². The van der Waals surface area contributed by atoms with Crippen molar-refractivity contribution in [3.63, 3.8) is 0 Å². The zero-order valence-electron chi connectivity index (χ0n) is 23.0. The highest BCUT2D eigenvalue weighted by atomic mass is 16.6. The van der Waals surface area contributed by atoms with E-state index >= 15 is 0 Å². The van der Waals surface area contributed by atoms with E-state index < -0.39 is 35.6 Å². The molecule has 3 amide bonds. The highest BCUT2D eigenvalue weighted by molar-refractivity contribution is 6.00. The molecule has 2 unspecified atom stereocenters. The first-order valence-corrected chi connectivity index (χ1v) is 12.7.